The molecular formula is C9H15NO3. The van der Waals surface area contributed by atoms with Crippen LogP contribution in [0.1, 0.15) is 12.8 Å². The van der Waals surface area contributed by atoms with Gasteiger partial charge in [-0.3, -0.25) is 4.79 Å². The Morgan fingerprint density at radius 2 is 2.23 bits per heavy atom. The van der Waals surface area contributed by atoms with Gasteiger partial charge in [0.15, 0.2) is 5.78 Å². The highest BCUT2D eigenvalue weighted by Crippen LogP contribution is 2.17. The molecule has 1 aliphatic rings. The summed E-state index contributed by atoms with van der Waals surface area (Å²) in [7, 11) is 0. The highest BCUT2D eigenvalue weighted by atomic mass is 16.5. The van der Waals surface area contributed by atoms with Crippen molar-refractivity contribution in [3.63, 3.8) is 0 Å². The van der Waals surface area contributed by atoms with Crippen molar-refractivity contribution in [2.24, 2.45) is 5.73 Å². The minimum Gasteiger partial charge on any atom is -0.392 e. The van der Waals surface area contributed by atoms with E-state index < -0.39 is 0 Å². The van der Waals surface area contributed by atoms with Crippen LogP contribution in [0, 0.1) is 0 Å². The molecular weight excluding hydrogens is 170 g/mol. The number of ether oxygens (including phenoxy) is 1. The molecule has 0 radical (unpaired) electrons. The SMILES string of the molecule is NC1C(=O)C1OCCC/C=C/CO. The molecule has 1 saturated carbocycles. The minimum atomic E-state index is -0.381. The van der Waals surface area contributed by atoms with Gasteiger partial charge in [0.1, 0.15) is 12.1 Å². The second kappa shape index (κ2) is 5.11. The summed E-state index contributed by atoms with van der Waals surface area (Å²) in [6.45, 7) is 0.632. The van der Waals surface area contributed by atoms with E-state index in [1.165, 1.54) is 0 Å². The maximum Gasteiger partial charge on any atom is 0.183 e. The van der Waals surface area contributed by atoms with Gasteiger partial charge in [0, 0.05) is 6.61 Å². The van der Waals surface area contributed by atoms with Crippen LogP contribution in [-0.2, 0) is 9.53 Å². The molecule has 0 bridgehead atoms. The number of hydrogen-bond donors (Lipinski definition) is 2. The lowest BCUT2D eigenvalue weighted by Crippen LogP contribution is -2.08. The Kier molecular flexibility index (Phi) is 4.08. The van der Waals surface area contributed by atoms with Gasteiger partial charge in [-0.25, -0.2) is 0 Å². The first-order valence-electron chi connectivity index (χ1n) is 4.44. The Hall–Kier alpha value is -0.710. The summed E-state index contributed by atoms with van der Waals surface area (Å²) in [5.74, 6) is 0.00546. The molecule has 2 atom stereocenters. The largest absolute Gasteiger partial charge is 0.392 e. The Morgan fingerprint density at radius 3 is 2.77 bits per heavy atom. The third kappa shape index (κ3) is 3.26. The number of aliphatic hydroxyl groups excluding tert-OH is 1. The summed E-state index contributed by atoms with van der Waals surface area (Å²) < 4.78 is 5.19. The fourth-order valence-electron chi connectivity index (χ4n) is 1.02. The highest BCUT2D eigenvalue weighted by molar-refractivity contribution is 6.05. The lowest BCUT2D eigenvalue weighted by Gasteiger charge is -1.97. The number of carbonyl (C=O) groups is 1. The normalized spacial score (nSPS) is 27.1. The van der Waals surface area contributed by atoms with Gasteiger partial charge >= 0.3 is 0 Å². The summed E-state index contributed by atoms with van der Waals surface area (Å²) in [4.78, 5) is 10.7. The Balaban J connectivity index is 1.91. The Labute approximate surface area is 77.4 Å². The van der Waals surface area contributed by atoms with Crippen LogP contribution in [0.4, 0.5) is 0 Å². The predicted octanol–water partition coefficient (Wildman–Crippen LogP) is -0.390. The maximum absolute atomic E-state index is 10.7. The van der Waals surface area contributed by atoms with Gasteiger partial charge in [-0.1, -0.05) is 12.2 Å². The Bertz CT molecular complexity index is 203. The highest BCUT2D eigenvalue weighted by Gasteiger charge is 2.47. The fourth-order valence-corrected chi connectivity index (χ4v) is 1.02. The third-order valence-corrected chi connectivity index (χ3v) is 1.91. The van der Waals surface area contributed by atoms with E-state index in [2.05, 4.69) is 0 Å². The molecule has 0 spiro atoms. The molecule has 13 heavy (non-hydrogen) atoms. The smallest absolute Gasteiger partial charge is 0.183 e. The number of aliphatic hydroxyl groups is 1. The van der Waals surface area contributed by atoms with E-state index in [1.807, 2.05) is 6.08 Å². The first-order valence-corrected chi connectivity index (χ1v) is 4.44. The predicted molar refractivity (Wildman–Crippen MR) is 48.2 cm³/mol. The molecule has 0 aliphatic heterocycles. The van der Waals surface area contributed by atoms with Gasteiger partial charge in [-0.2, -0.15) is 0 Å². The Morgan fingerprint density at radius 1 is 1.54 bits per heavy atom. The van der Waals surface area contributed by atoms with Gasteiger partial charge in [-0.05, 0) is 12.8 Å². The fraction of sp³-hybridized carbons (Fsp3) is 0.667. The van der Waals surface area contributed by atoms with Crippen LogP contribution in [0.3, 0.4) is 0 Å². The number of rotatable bonds is 6. The zero-order valence-electron chi connectivity index (χ0n) is 7.48. The molecule has 0 aromatic rings. The molecule has 0 aromatic heterocycles. The first-order chi connectivity index (χ1) is 6.27. The summed E-state index contributed by atoms with van der Waals surface area (Å²) in [6, 6.07) is -0.381. The van der Waals surface area contributed by atoms with E-state index in [0.29, 0.717) is 6.61 Å². The molecule has 1 aliphatic carbocycles. The zero-order valence-corrected chi connectivity index (χ0v) is 7.48. The number of ketones is 1. The van der Waals surface area contributed by atoms with Crippen molar-refractivity contribution in [1.29, 1.82) is 0 Å². The molecule has 1 fully saturated rings. The van der Waals surface area contributed by atoms with Crippen LogP contribution < -0.4 is 5.73 Å². The quantitative estimate of drug-likeness (QED) is 0.436. The number of Topliss-reactive ketones (excluding diaryl/α,β-unsaturated/α-hetero) is 1. The number of unbranched alkanes of at least 4 members (excludes halogenated alkanes) is 1. The van der Waals surface area contributed by atoms with E-state index in [0.717, 1.165) is 12.8 Å². The van der Waals surface area contributed by atoms with Gasteiger partial charge in [0.2, 0.25) is 0 Å². The molecule has 0 amide bonds. The van der Waals surface area contributed by atoms with Crippen LogP contribution in [0.2, 0.25) is 0 Å². The van der Waals surface area contributed by atoms with E-state index >= 15 is 0 Å². The minimum absolute atomic E-state index is 0.00546. The van der Waals surface area contributed by atoms with Crippen molar-refractivity contribution < 1.29 is 14.6 Å². The number of carbonyl (C=O) groups excluding carboxylic acids is 1. The molecule has 3 N–H and O–H groups in total. The monoisotopic (exact) mass is 185 g/mol. The van der Waals surface area contributed by atoms with Gasteiger partial charge in [0.25, 0.3) is 0 Å². The van der Waals surface area contributed by atoms with Gasteiger partial charge in [0.05, 0.1) is 6.61 Å². The van der Waals surface area contributed by atoms with E-state index in [9.17, 15) is 4.79 Å². The van der Waals surface area contributed by atoms with E-state index in [-0.39, 0.29) is 24.5 Å². The zero-order chi connectivity index (χ0) is 9.68. The molecule has 0 aromatic carbocycles. The maximum atomic E-state index is 10.7. The molecule has 1 rings (SSSR count). The van der Waals surface area contributed by atoms with Crippen LogP contribution in [0.25, 0.3) is 0 Å². The molecule has 4 heteroatoms. The van der Waals surface area contributed by atoms with Crippen molar-refractivity contribution in [1.82, 2.24) is 0 Å². The average Bonchev–Trinajstić information content (AvgIpc) is 2.68. The lowest BCUT2D eigenvalue weighted by atomic mass is 10.3. The van der Waals surface area contributed by atoms with Crippen molar-refractivity contribution in [2.75, 3.05) is 13.2 Å². The second-order valence-corrected chi connectivity index (χ2v) is 3.02. The number of nitrogens with two attached hydrogens (primary N) is 1. The average molecular weight is 185 g/mol. The van der Waals surface area contributed by atoms with Crippen molar-refractivity contribution in [3.05, 3.63) is 12.2 Å². The summed E-state index contributed by atoms with van der Waals surface area (Å²) >= 11 is 0. The van der Waals surface area contributed by atoms with Crippen LogP contribution >= 0.6 is 0 Å². The van der Waals surface area contributed by atoms with Crippen molar-refractivity contribution in [2.45, 2.75) is 25.0 Å². The van der Waals surface area contributed by atoms with Crippen LogP contribution in [-0.4, -0.2) is 36.2 Å². The summed E-state index contributed by atoms with van der Waals surface area (Å²) in [6.07, 6.45) is 4.94. The third-order valence-electron chi connectivity index (χ3n) is 1.91. The molecule has 0 saturated heterocycles. The first kappa shape index (κ1) is 10.4. The lowest BCUT2D eigenvalue weighted by molar-refractivity contribution is -0.113. The molecule has 74 valence electrons. The topological polar surface area (TPSA) is 72.6 Å². The molecule has 0 heterocycles. The van der Waals surface area contributed by atoms with Gasteiger partial charge in [-0.15, -0.1) is 0 Å². The summed E-state index contributed by atoms with van der Waals surface area (Å²) in [5.41, 5.74) is 5.35. The summed E-state index contributed by atoms with van der Waals surface area (Å²) in [5, 5.41) is 8.41. The van der Waals surface area contributed by atoms with Crippen LogP contribution in [0.15, 0.2) is 12.2 Å². The van der Waals surface area contributed by atoms with Crippen LogP contribution in [0.5, 0.6) is 0 Å². The van der Waals surface area contributed by atoms with Crippen molar-refractivity contribution >= 4 is 5.78 Å². The van der Waals surface area contributed by atoms with E-state index in [1.54, 1.807) is 6.08 Å². The number of hydrogen-bond acceptors (Lipinski definition) is 4. The molecule has 2 unspecified atom stereocenters. The number of allylic oxidation sites excluding steroid dienone is 1. The van der Waals surface area contributed by atoms with E-state index in [4.69, 9.17) is 15.6 Å². The second-order valence-electron chi connectivity index (χ2n) is 3.02. The standard InChI is InChI=1S/C9H15NO3/c10-7-8(12)9(7)13-6-4-2-1-3-5-11/h1,3,7,9,11H,2,4-6,10H2/b3-1+. The van der Waals surface area contributed by atoms with Gasteiger partial charge < -0.3 is 15.6 Å². The molecule has 4 nitrogen and oxygen atoms in total. The van der Waals surface area contributed by atoms with Crippen molar-refractivity contribution in [3.8, 4) is 0 Å².